The van der Waals surface area contributed by atoms with Gasteiger partial charge in [0.05, 0.1) is 18.7 Å². The van der Waals surface area contributed by atoms with E-state index < -0.39 is 0 Å². The normalized spacial score (nSPS) is 10.6. The van der Waals surface area contributed by atoms with E-state index in [0.717, 1.165) is 13.0 Å². The number of carbonyl (C=O) groups excluding carboxylic acids is 1. The number of nitrogens with zero attached hydrogens (tertiary/aromatic N) is 1. The van der Waals surface area contributed by atoms with Crippen LogP contribution >= 0.6 is 0 Å². The Labute approximate surface area is 103 Å². The molecule has 0 radical (unpaired) electrons. The summed E-state index contributed by atoms with van der Waals surface area (Å²) in [6.45, 7) is 5.98. The Kier molecular flexibility index (Phi) is 5.70. The van der Waals surface area contributed by atoms with Crippen LogP contribution in [0.2, 0.25) is 0 Å². The summed E-state index contributed by atoms with van der Waals surface area (Å²) in [5, 5.41) is 0. The number of hydrogen-bond acceptors (Lipinski definition) is 3. The molecule has 3 heteroatoms. The predicted octanol–water partition coefficient (Wildman–Crippen LogP) is 2.61. The summed E-state index contributed by atoms with van der Waals surface area (Å²) >= 11 is 0. The fourth-order valence-corrected chi connectivity index (χ4v) is 1.77. The van der Waals surface area contributed by atoms with E-state index in [-0.39, 0.29) is 5.78 Å². The van der Waals surface area contributed by atoms with Gasteiger partial charge in [0, 0.05) is 0 Å². The average molecular weight is 235 g/mol. The van der Waals surface area contributed by atoms with Gasteiger partial charge in [-0.25, -0.2) is 0 Å². The maximum absolute atomic E-state index is 12.1. The van der Waals surface area contributed by atoms with Crippen molar-refractivity contribution in [3.05, 3.63) is 29.8 Å². The lowest BCUT2D eigenvalue weighted by Crippen LogP contribution is -2.27. The quantitative estimate of drug-likeness (QED) is 0.680. The maximum Gasteiger partial charge on any atom is 0.180 e. The highest BCUT2D eigenvalue weighted by Gasteiger charge is 2.13. The first kappa shape index (κ1) is 13.7. The van der Waals surface area contributed by atoms with Crippen LogP contribution < -0.4 is 4.74 Å². The zero-order valence-corrected chi connectivity index (χ0v) is 10.9. The van der Waals surface area contributed by atoms with Gasteiger partial charge in [-0.1, -0.05) is 19.1 Å². The molecule has 0 heterocycles. The Morgan fingerprint density at radius 2 is 2.00 bits per heavy atom. The van der Waals surface area contributed by atoms with Crippen LogP contribution in [-0.4, -0.2) is 37.4 Å². The smallest absolute Gasteiger partial charge is 0.180 e. The number of rotatable bonds is 7. The molecule has 0 atom stereocenters. The Balaban J connectivity index is 2.74. The number of Topliss-reactive ketones (excluding diaryl/α,β-unsaturated/α-hetero) is 1. The minimum atomic E-state index is 0.116. The third-order valence-electron chi connectivity index (χ3n) is 2.51. The van der Waals surface area contributed by atoms with Crippen molar-refractivity contribution in [1.29, 1.82) is 0 Å². The Morgan fingerprint density at radius 1 is 1.29 bits per heavy atom. The van der Waals surface area contributed by atoms with Gasteiger partial charge in [0.1, 0.15) is 5.75 Å². The van der Waals surface area contributed by atoms with Gasteiger partial charge in [-0.2, -0.15) is 0 Å². The minimum absolute atomic E-state index is 0.116. The molecule has 0 aliphatic heterocycles. The molecule has 0 N–H and O–H groups in total. The van der Waals surface area contributed by atoms with Gasteiger partial charge >= 0.3 is 0 Å². The number of benzene rings is 1. The van der Waals surface area contributed by atoms with Crippen LogP contribution in [0.4, 0.5) is 0 Å². The number of para-hydroxylation sites is 1. The second kappa shape index (κ2) is 7.07. The summed E-state index contributed by atoms with van der Waals surface area (Å²) in [4.78, 5) is 14.1. The van der Waals surface area contributed by atoms with E-state index in [2.05, 4.69) is 6.92 Å². The van der Waals surface area contributed by atoms with Crippen LogP contribution in [0.3, 0.4) is 0 Å². The van der Waals surface area contributed by atoms with Crippen molar-refractivity contribution in [2.45, 2.75) is 20.3 Å². The first-order valence-corrected chi connectivity index (χ1v) is 6.12. The number of ether oxygens (including phenoxy) is 1. The highest BCUT2D eigenvalue weighted by atomic mass is 16.5. The molecule has 1 rings (SSSR count). The van der Waals surface area contributed by atoms with Crippen molar-refractivity contribution in [2.75, 3.05) is 26.7 Å². The van der Waals surface area contributed by atoms with Gasteiger partial charge in [-0.3, -0.25) is 9.69 Å². The summed E-state index contributed by atoms with van der Waals surface area (Å²) in [5.41, 5.74) is 0.678. The lowest BCUT2D eigenvalue weighted by atomic mass is 10.1. The molecule has 0 aliphatic rings. The highest BCUT2D eigenvalue weighted by molar-refractivity contribution is 6.00. The van der Waals surface area contributed by atoms with Gasteiger partial charge in [0.15, 0.2) is 5.78 Å². The molecule has 3 nitrogen and oxygen atoms in total. The average Bonchev–Trinajstić information content (AvgIpc) is 2.30. The minimum Gasteiger partial charge on any atom is -0.493 e. The lowest BCUT2D eigenvalue weighted by Gasteiger charge is -2.15. The second-order valence-corrected chi connectivity index (χ2v) is 4.09. The maximum atomic E-state index is 12.1. The number of likely N-dealkylation sites (N-methyl/N-ethyl adjacent to an activating group) is 1. The lowest BCUT2D eigenvalue weighted by molar-refractivity contribution is 0.0942. The summed E-state index contributed by atoms with van der Waals surface area (Å²) in [7, 11) is 1.96. The van der Waals surface area contributed by atoms with Crippen molar-refractivity contribution in [3.63, 3.8) is 0 Å². The molecule has 0 saturated carbocycles. The van der Waals surface area contributed by atoms with E-state index >= 15 is 0 Å². The van der Waals surface area contributed by atoms with Crippen molar-refractivity contribution < 1.29 is 9.53 Å². The highest BCUT2D eigenvalue weighted by Crippen LogP contribution is 2.18. The molecule has 1 aromatic carbocycles. The molecule has 0 amide bonds. The molecule has 0 spiro atoms. The molecular formula is C14H21NO2. The van der Waals surface area contributed by atoms with E-state index in [0.29, 0.717) is 24.5 Å². The van der Waals surface area contributed by atoms with Crippen LogP contribution in [0.15, 0.2) is 24.3 Å². The second-order valence-electron chi connectivity index (χ2n) is 4.09. The van der Waals surface area contributed by atoms with E-state index in [9.17, 15) is 4.79 Å². The third-order valence-corrected chi connectivity index (χ3v) is 2.51. The van der Waals surface area contributed by atoms with Crippen LogP contribution in [0.5, 0.6) is 5.75 Å². The Morgan fingerprint density at radius 3 is 2.65 bits per heavy atom. The monoisotopic (exact) mass is 235 g/mol. The van der Waals surface area contributed by atoms with E-state index in [4.69, 9.17) is 4.74 Å². The molecular weight excluding hydrogens is 214 g/mol. The zero-order valence-electron chi connectivity index (χ0n) is 10.9. The molecule has 1 aromatic rings. The number of hydrogen-bond donors (Lipinski definition) is 0. The summed E-state index contributed by atoms with van der Waals surface area (Å²) in [6, 6.07) is 7.43. The van der Waals surface area contributed by atoms with Gasteiger partial charge in [0.2, 0.25) is 0 Å². The Bertz CT molecular complexity index is 363. The van der Waals surface area contributed by atoms with Crippen molar-refractivity contribution in [1.82, 2.24) is 4.90 Å². The summed E-state index contributed by atoms with van der Waals surface area (Å²) in [6.07, 6.45) is 1.05. The molecule has 0 fully saturated rings. The van der Waals surface area contributed by atoms with Crippen LogP contribution in [-0.2, 0) is 0 Å². The first-order chi connectivity index (χ1) is 8.19. The van der Waals surface area contributed by atoms with Crippen molar-refractivity contribution in [2.24, 2.45) is 0 Å². The van der Waals surface area contributed by atoms with E-state index in [1.54, 1.807) is 0 Å². The fourth-order valence-electron chi connectivity index (χ4n) is 1.77. The van der Waals surface area contributed by atoms with Gasteiger partial charge in [0.25, 0.3) is 0 Å². The predicted molar refractivity (Wildman–Crippen MR) is 69.7 cm³/mol. The van der Waals surface area contributed by atoms with Gasteiger partial charge in [-0.05, 0) is 39.1 Å². The Hall–Kier alpha value is -1.35. The third kappa shape index (κ3) is 4.19. The molecule has 0 aliphatic carbocycles. The number of ketones is 1. The van der Waals surface area contributed by atoms with Crippen LogP contribution in [0, 0.1) is 0 Å². The van der Waals surface area contributed by atoms with Gasteiger partial charge < -0.3 is 4.74 Å². The molecule has 94 valence electrons. The van der Waals surface area contributed by atoms with E-state index in [1.807, 2.05) is 43.1 Å². The van der Waals surface area contributed by atoms with Crippen LogP contribution in [0.25, 0.3) is 0 Å². The summed E-state index contributed by atoms with van der Waals surface area (Å²) in [5.74, 6) is 0.801. The van der Waals surface area contributed by atoms with Crippen molar-refractivity contribution in [3.8, 4) is 5.75 Å². The molecule has 0 bridgehead atoms. The molecule has 0 saturated heterocycles. The van der Waals surface area contributed by atoms with E-state index in [1.165, 1.54) is 0 Å². The number of carbonyl (C=O) groups is 1. The molecule has 17 heavy (non-hydrogen) atoms. The molecule has 0 aromatic heterocycles. The van der Waals surface area contributed by atoms with Gasteiger partial charge in [-0.15, -0.1) is 0 Å². The SMILES string of the molecule is CCCN(C)CC(=O)c1ccccc1OCC. The topological polar surface area (TPSA) is 29.5 Å². The largest absolute Gasteiger partial charge is 0.493 e. The zero-order chi connectivity index (χ0) is 12.7. The standard InChI is InChI=1S/C14H21NO2/c1-4-10-15(3)11-13(16)12-8-6-7-9-14(12)17-5-2/h6-9H,4-5,10-11H2,1-3H3. The summed E-state index contributed by atoms with van der Waals surface area (Å²) < 4.78 is 5.46. The van der Waals surface area contributed by atoms with Crippen molar-refractivity contribution >= 4 is 5.78 Å². The first-order valence-electron chi connectivity index (χ1n) is 6.12. The fraction of sp³-hybridized carbons (Fsp3) is 0.500. The van der Waals surface area contributed by atoms with Crippen LogP contribution in [0.1, 0.15) is 30.6 Å². The molecule has 0 unspecified atom stereocenters.